The van der Waals surface area contributed by atoms with Crippen LogP contribution in [0.15, 0.2) is 18.2 Å². The molecular weight excluding hydrogens is 310 g/mol. The van der Waals surface area contributed by atoms with Crippen molar-refractivity contribution in [2.75, 3.05) is 18.9 Å². The molecule has 1 unspecified atom stereocenters. The normalized spacial score (nSPS) is 18.6. The van der Waals surface area contributed by atoms with Crippen LogP contribution < -0.4 is 5.73 Å². The Morgan fingerprint density at radius 1 is 1.38 bits per heavy atom. The lowest BCUT2D eigenvalue weighted by Gasteiger charge is -2.02. The Balaban J connectivity index is 1.78. The summed E-state index contributed by atoms with van der Waals surface area (Å²) >= 11 is 7.44. The van der Waals surface area contributed by atoms with Gasteiger partial charge < -0.3 is 10.5 Å². The fraction of sp³-hybridized carbons (Fsp3) is 0.308. The molecule has 1 atom stereocenters. The number of fused-ring (bicyclic) bond motifs is 1. The standard InChI is InChI=1S/C13H12ClN5OS/c14-9-2-1-7(5-10(9)15)12-18-19-11(8-3-4-20-6-8)16-17-13(19)21-12/h1-2,5,8H,3-4,6,15H2. The highest BCUT2D eigenvalue weighted by Crippen LogP contribution is 2.31. The van der Waals surface area contributed by atoms with Gasteiger partial charge in [-0.15, -0.1) is 10.2 Å². The van der Waals surface area contributed by atoms with Crippen molar-refractivity contribution < 1.29 is 4.74 Å². The highest BCUT2D eigenvalue weighted by molar-refractivity contribution is 7.19. The van der Waals surface area contributed by atoms with Crippen LogP contribution in [0.2, 0.25) is 5.02 Å². The molecule has 0 bridgehead atoms. The van der Waals surface area contributed by atoms with Gasteiger partial charge in [-0.3, -0.25) is 0 Å². The monoisotopic (exact) mass is 321 g/mol. The highest BCUT2D eigenvalue weighted by Gasteiger charge is 2.25. The van der Waals surface area contributed by atoms with Crippen molar-refractivity contribution in [1.82, 2.24) is 19.8 Å². The van der Waals surface area contributed by atoms with E-state index in [0.29, 0.717) is 17.3 Å². The molecule has 1 fully saturated rings. The van der Waals surface area contributed by atoms with Gasteiger partial charge in [-0.05, 0) is 18.6 Å². The number of hydrogen-bond acceptors (Lipinski definition) is 6. The van der Waals surface area contributed by atoms with E-state index in [9.17, 15) is 0 Å². The molecule has 2 aromatic heterocycles. The summed E-state index contributed by atoms with van der Waals surface area (Å²) in [6.07, 6.45) is 0.960. The smallest absolute Gasteiger partial charge is 0.234 e. The first-order valence-electron chi connectivity index (χ1n) is 6.57. The van der Waals surface area contributed by atoms with Crippen LogP contribution in [0.25, 0.3) is 15.5 Å². The van der Waals surface area contributed by atoms with Crippen LogP contribution in [-0.4, -0.2) is 33.0 Å². The molecule has 0 saturated carbocycles. The first kappa shape index (κ1) is 13.0. The fourth-order valence-electron chi connectivity index (χ4n) is 2.42. The van der Waals surface area contributed by atoms with Gasteiger partial charge in [-0.1, -0.05) is 29.0 Å². The summed E-state index contributed by atoms with van der Waals surface area (Å²) < 4.78 is 7.22. The summed E-state index contributed by atoms with van der Waals surface area (Å²) in [6, 6.07) is 5.51. The van der Waals surface area contributed by atoms with E-state index < -0.39 is 0 Å². The molecule has 1 saturated heterocycles. The van der Waals surface area contributed by atoms with Crippen molar-refractivity contribution in [1.29, 1.82) is 0 Å². The second kappa shape index (κ2) is 4.94. The van der Waals surface area contributed by atoms with Crippen molar-refractivity contribution in [2.24, 2.45) is 0 Å². The maximum absolute atomic E-state index is 5.95. The van der Waals surface area contributed by atoms with E-state index in [0.717, 1.165) is 34.4 Å². The number of anilines is 1. The summed E-state index contributed by atoms with van der Waals surface area (Å²) in [5.74, 6) is 1.14. The third-order valence-corrected chi connectivity index (χ3v) is 4.84. The molecule has 4 rings (SSSR count). The topological polar surface area (TPSA) is 78.3 Å². The van der Waals surface area contributed by atoms with E-state index in [2.05, 4.69) is 15.3 Å². The zero-order chi connectivity index (χ0) is 14.4. The summed E-state index contributed by atoms with van der Waals surface area (Å²) in [5, 5.41) is 14.5. The van der Waals surface area contributed by atoms with Crippen molar-refractivity contribution in [3.8, 4) is 10.6 Å². The van der Waals surface area contributed by atoms with Gasteiger partial charge in [0.1, 0.15) is 5.01 Å². The zero-order valence-corrected chi connectivity index (χ0v) is 12.6. The quantitative estimate of drug-likeness (QED) is 0.734. The van der Waals surface area contributed by atoms with E-state index in [-0.39, 0.29) is 5.92 Å². The fourth-order valence-corrected chi connectivity index (χ4v) is 3.38. The average molecular weight is 322 g/mol. The van der Waals surface area contributed by atoms with Gasteiger partial charge in [0, 0.05) is 18.1 Å². The maximum Gasteiger partial charge on any atom is 0.234 e. The summed E-state index contributed by atoms with van der Waals surface area (Å²) in [6.45, 7) is 1.45. The van der Waals surface area contributed by atoms with E-state index in [1.54, 1.807) is 6.07 Å². The molecule has 3 aromatic rings. The summed E-state index contributed by atoms with van der Waals surface area (Å²) in [7, 11) is 0. The van der Waals surface area contributed by atoms with Gasteiger partial charge in [0.25, 0.3) is 0 Å². The van der Waals surface area contributed by atoms with Crippen LogP contribution in [0.1, 0.15) is 18.2 Å². The van der Waals surface area contributed by atoms with E-state index in [4.69, 9.17) is 22.1 Å². The average Bonchev–Trinajstić information content (AvgIpc) is 3.16. The minimum absolute atomic E-state index is 0.269. The van der Waals surface area contributed by atoms with Crippen LogP contribution in [0.3, 0.4) is 0 Å². The van der Waals surface area contributed by atoms with E-state index in [1.165, 1.54) is 11.3 Å². The van der Waals surface area contributed by atoms with Crippen LogP contribution in [0, 0.1) is 0 Å². The third kappa shape index (κ3) is 2.17. The first-order valence-corrected chi connectivity index (χ1v) is 7.77. The second-order valence-corrected chi connectivity index (χ2v) is 6.32. The van der Waals surface area contributed by atoms with Gasteiger partial charge in [-0.25, -0.2) is 0 Å². The minimum atomic E-state index is 0.269. The largest absolute Gasteiger partial charge is 0.398 e. The molecule has 0 amide bonds. The summed E-state index contributed by atoms with van der Waals surface area (Å²) in [4.78, 5) is 0.778. The van der Waals surface area contributed by atoms with Crippen molar-refractivity contribution >= 4 is 33.6 Å². The molecule has 2 N–H and O–H groups in total. The Morgan fingerprint density at radius 3 is 3.05 bits per heavy atom. The molecular formula is C13H12ClN5OS. The molecule has 0 radical (unpaired) electrons. The Morgan fingerprint density at radius 2 is 2.29 bits per heavy atom. The predicted octanol–water partition coefficient (Wildman–Crippen LogP) is 2.59. The van der Waals surface area contributed by atoms with Gasteiger partial charge >= 0.3 is 0 Å². The molecule has 0 aliphatic carbocycles. The molecule has 21 heavy (non-hydrogen) atoms. The second-order valence-electron chi connectivity index (χ2n) is 4.96. The lowest BCUT2D eigenvalue weighted by molar-refractivity contribution is 0.193. The Kier molecular flexibility index (Phi) is 3.06. The van der Waals surface area contributed by atoms with E-state index >= 15 is 0 Å². The number of nitrogens with two attached hydrogens (primary N) is 1. The van der Waals surface area contributed by atoms with Crippen LogP contribution in [-0.2, 0) is 4.74 Å². The van der Waals surface area contributed by atoms with Crippen molar-refractivity contribution in [2.45, 2.75) is 12.3 Å². The van der Waals surface area contributed by atoms with Crippen LogP contribution in [0.4, 0.5) is 5.69 Å². The first-order chi connectivity index (χ1) is 10.2. The number of halogens is 1. The van der Waals surface area contributed by atoms with Crippen molar-refractivity contribution in [3.63, 3.8) is 0 Å². The van der Waals surface area contributed by atoms with Crippen LogP contribution >= 0.6 is 22.9 Å². The predicted molar refractivity (Wildman–Crippen MR) is 81.7 cm³/mol. The molecule has 1 aromatic carbocycles. The number of aromatic nitrogens is 4. The lowest BCUT2D eigenvalue weighted by Crippen LogP contribution is -2.04. The zero-order valence-electron chi connectivity index (χ0n) is 11.0. The summed E-state index contributed by atoms with van der Waals surface area (Å²) in [5.41, 5.74) is 7.33. The lowest BCUT2D eigenvalue weighted by atomic mass is 10.1. The number of ether oxygens (including phenoxy) is 1. The highest BCUT2D eigenvalue weighted by atomic mass is 35.5. The van der Waals surface area contributed by atoms with Gasteiger partial charge in [-0.2, -0.15) is 9.61 Å². The SMILES string of the molecule is Nc1cc(-c2nn3c(C4CCOC4)nnc3s2)ccc1Cl. The number of nitrogens with zero attached hydrogens (tertiary/aromatic N) is 4. The van der Waals surface area contributed by atoms with Crippen molar-refractivity contribution in [3.05, 3.63) is 29.0 Å². The van der Waals surface area contributed by atoms with Crippen LogP contribution in [0.5, 0.6) is 0 Å². The molecule has 3 heterocycles. The Bertz CT molecular complexity index is 808. The minimum Gasteiger partial charge on any atom is -0.398 e. The molecule has 0 spiro atoms. The maximum atomic E-state index is 5.95. The Hall–Kier alpha value is -1.70. The number of hydrogen-bond donors (Lipinski definition) is 1. The molecule has 108 valence electrons. The van der Waals surface area contributed by atoms with E-state index in [1.807, 2.05) is 16.6 Å². The van der Waals surface area contributed by atoms with Gasteiger partial charge in [0.15, 0.2) is 5.82 Å². The number of rotatable bonds is 2. The molecule has 8 heteroatoms. The number of nitrogen functional groups attached to an aromatic ring is 1. The van der Waals surface area contributed by atoms with Gasteiger partial charge in [0.2, 0.25) is 4.96 Å². The van der Waals surface area contributed by atoms with Gasteiger partial charge in [0.05, 0.1) is 17.3 Å². The third-order valence-electron chi connectivity index (χ3n) is 3.55. The number of benzene rings is 1. The molecule has 1 aliphatic rings. The Labute approximate surface area is 129 Å². The molecule has 1 aliphatic heterocycles. The molecule has 6 nitrogen and oxygen atoms in total.